The second-order valence-corrected chi connectivity index (χ2v) is 4.70. The molecule has 0 radical (unpaired) electrons. The number of nitrogens with one attached hydrogen (secondary N) is 2. The number of aromatic nitrogens is 2. The largest absolute Gasteiger partial charge is 0.347 e. The molecule has 15 heavy (non-hydrogen) atoms. The lowest BCUT2D eigenvalue weighted by Gasteiger charge is -2.45. The second-order valence-electron chi connectivity index (χ2n) is 4.70. The number of hydrogen-bond donors (Lipinski definition) is 2. The van der Waals surface area contributed by atoms with Crippen molar-refractivity contribution >= 4 is 0 Å². The molecule has 1 atom stereocenters. The minimum absolute atomic E-state index is 0.691. The van der Waals surface area contributed by atoms with Crippen LogP contribution >= 0.6 is 0 Å². The van der Waals surface area contributed by atoms with Crippen LogP contribution in [0.3, 0.4) is 0 Å². The average molecular weight is 206 g/mol. The summed E-state index contributed by atoms with van der Waals surface area (Å²) in [5.41, 5.74) is 1.19. The van der Waals surface area contributed by atoms with Crippen molar-refractivity contribution in [3.8, 4) is 0 Å². The van der Waals surface area contributed by atoms with E-state index in [2.05, 4.69) is 20.2 Å². The van der Waals surface area contributed by atoms with Gasteiger partial charge in [0.1, 0.15) is 0 Å². The third-order valence-corrected chi connectivity index (χ3v) is 3.77. The molecule has 2 N–H and O–H groups in total. The average Bonchev–Trinajstić information content (AvgIpc) is 2.81. The molecule has 1 unspecified atom stereocenters. The van der Waals surface area contributed by atoms with Gasteiger partial charge in [-0.3, -0.25) is 0 Å². The molecule has 3 saturated heterocycles. The zero-order chi connectivity index (χ0) is 10.1. The number of rotatable bonds is 3. The molecule has 3 fully saturated rings. The van der Waals surface area contributed by atoms with Crippen LogP contribution < -0.4 is 5.32 Å². The van der Waals surface area contributed by atoms with Gasteiger partial charge in [-0.1, -0.05) is 0 Å². The highest BCUT2D eigenvalue weighted by atomic mass is 15.2. The van der Waals surface area contributed by atoms with Crippen molar-refractivity contribution < 1.29 is 0 Å². The van der Waals surface area contributed by atoms with Crippen molar-refractivity contribution in [1.82, 2.24) is 20.2 Å². The number of imidazole rings is 1. The molecule has 4 heterocycles. The summed E-state index contributed by atoms with van der Waals surface area (Å²) in [6.45, 7) is 4.79. The SMILES string of the molecule is c1ncc(CNC2CN3CCC2CC3)[nH]1. The Balaban J connectivity index is 1.55. The van der Waals surface area contributed by atoms with Crippen LogP contribution in [0.15, 0.2) is 12.5 Å². The fourth-order valence-corrected chi connectivity index (χ4v) is 2.82. The monoisotopic (exact) mass is 206 g/mol. The van der Waals surface area contributed by atoms with E-state index in [1.54, 1.807) is 6.33 Å². The summed E-state index contributed by atoms with van der Waals surface area (Å²) in [7, 11) is 0. The third-order valence-electron chi connectivity index (χ3n) is 3.77. The molecular formula is C11H18N4. The van der Waals surface area contributed by atoms with E-state index in [1.165, 1.54) is 38.2 Å². The molecule has 3 aliphatic heterocycles. The smallest absolute Gasteiger partial charge is 0.0922 e. The number of H-pyrrole nitrogens is 1. The Morgan fingerprint density at radius 1 is 1.47 bits per heavy atom. The van der Waals surface area contributed by atoms with E-state index >= 15 is 0 Å². The van der Waals surface area contributed by atoms with Gasteiger partial charge in [0.15, 0.2) is 0 Å². The molecule has 2 bridgehead atoms. The number of fused-ring (bicyclic) bond motifs is 3. The number of nitrogens with zero attached hydrogens (tertiary/aromatic N) is 2. The van der Waals surface area contributed by atoms with Crippen LogP contribution in [-0.4, -0.2) is 40.5 Å². The van der Waals surface area contributed by atoms with Crippen LogP contribution in [0.4, 0.5) is 0 Å². The van der Waals surface area contributed by atoms with Gasteiger partial charge in [-0.05, 0) is 31.8 Å². The fraction of sp³-hybridized carbons (Fsp3) is 0.727. The lowest BCUT2D eigenvalue weighted by atomic mass is 9.84. The van der Waals surface area contributed by atoms with Crippen molar-refractivity contribution in [1.29, 1.82) is 0 Å². The van der Waals surface area contributed by atoms with E-state index in [0.717, 1.165) is 12.5 Å². The minimum Gasteiger partial charge on any atom is -0.347 e. The molecule has 4 heteroatoms. The zero-order valence-electron chi connectivity index (χ0n) is 8.95. The topological polar surface area (TPSA) is 44.0 Å². The molecule has 4 rings (SSSR count). The zero-order valence-corrected chi connectivity index (χ0v) is 8.95. The number of piperidine rings is 3. The van der Waals surface area contributed by atoms with Crippen LogP contribution in [-0.2, 0) is 6.54 Å². The maximum absolute atomic E-state index is 4.03. The first-order valence-electron chi connectivity index (χ1n) is 5.85. The van der Waals surface area contributed by atoms with Crippen LogP contribution in [0.2, 0.25) is 0 Å². The Morgan fingerprint density at radius 3 is 2.93 bits per heavy atom. The maximum atomic E-state index is 4.03. The van der Waals surface area contributed by atoms with Gasteiger partial charge in [0.25, 0.3) is 0 Å². The van der Waals surface area contributed by atoms with Gasteiger partial charge in [0, 0.05) is 31.0 Å². The maximum Gasteiger partial charge on any atom is 0.0922 e. The molecule has 0 aromatic carbocycles. The van der Waals surface area contributed by atoms with E-state index in [4.69, 9.17) is 0 Å². The molecule has 0 saturated carbocycles. The summed E-state index contributed by atoms with van der Waals surface area (Å²) in [6, 6.07) is 0.691. The quantitative estimate of drug-likeness (QED) is 0.761. The molecule has 3 aliphatic rings. The summed E-state index contributed by atoms with van der Waals surface area (Å²) in [6.07, 6.45) is 6.39. The molecule has 1 aromatic rings. The standard InChI is InChI=1S/C11H18N4/c1-3-15-4-2-9(1)11(7-15)13-6-10-5-12-8-14-10/h5,8-9,11,13H,1-4,6-7H2,(H,12,14). The van der Waals surface area contributed by atoms with Gasteiger partial charge < -0.3 is 15.2 Å². The van der Waals surface area contributed by atoms with Gasteiger partial charge >= 0.3 is 0 Å². The summed E-state index contributed by atoms with van der Waals surface area (Å²) in [5.74, 6) is 0.901. The van der Waals surface area contributed by atoms with Crippen molar-refractivity contribution in [2.75, 3.05) is 19.6 Å². The van der Waals surface area contributed by atoms with Gasteiger partial charge in [0.2, 0.25) is 0 Å². The Hall–Kier alpha value is -0.870. The molecule has 1 aromatic heterocycles. The van der Waals surface area contributed by atoms with Gasteiger partial charge in [-0.15, -0.1) is 0 Å². The normalized spacial score (nSPS) is 34.5. The predicted octanol–water partition coefficient (Wildman–Crippen LogP) is 0.593. The summed E-state index contributed by atoms with van der Waals surface area (Å²) < 4.78 is 0. The first-order chi connectivity index (χ1) is 7.42. The Bertz CT molecular complexity index is 300. The highest BCUT2D eigenvalue weighted by molar-refractivity contribution is 4.96. The van der Waals surface area contributed by atoms with E-state index < -0.39 is 0 Å². The number of hydrogen-bond acceptors (Lipinski definition) is 3. The first kappa shape index (κ1) is 9.36. The van der Waals surface area contributed by atoms with Gasteiger partial charge in [-0.25, -0.2) is 4.98 Å². The van der Waals surface area contributed by atoms with Crippen LogP contribution in [0.25, 0.3) is 0 Å². The molecule has 82 valence electrons. The molecule has 0 spiro atoms. The fourth-order valence-electron chi connectivity index (χ4n) is 2.82. The van der Waals surface area contributed by atoms with E-state index in [-0.39, 0.29) is 0 Å². The van der Waals surface area contributed by atoms with Crippen molar-refractivity contribution in [2.24, 2.45) is 5.92 Å². The third kappa shape index (κ3) is 1.92. The Morgan fingerprint density at radius 2 is 2.33 bits per heavy atom. The lowest BCUT2D eigenvalue weighted by molar-refractivity contribution is 0.0718. The molecule has 0 aliphatic carbocycles. The molecule has 0 amide bonds. The van der Waals surface area contributed by atoms with E-state index in [0.29, 0.717) is 6.04 Å². The second kappa shape index (κ2) is 3.94. The Kier molecular flexibility index (Phi) is 2.46. The van der Waals surface area contributed by atoms with Gasteiger partial charge in [-0.2, -0.15) is 0 Å². The lowest BCUT2D eigenvalue weighted by Crippen LogP contribution is -2.55. The van der Waals surface area contributed by atoms with E-state index in [1.807, 2.05) is 6.20 Å². The van der Waals surface area contributed by atoms with Gasteiger partial charge in [0.05, 0.1) is 6.33 Å². The highest BCUT2D eigenvalue weighted by Crippen LogP contribution is 2.27. The molecule has 4 nitrogen and oxygen atoms in total. The summed E-state index contributed by atoms with van der Waals surface area (Å²) in [5, 5.41) is 3.64. The summed E-state index contributed by atoms with van der Waals surface area (Å²) >= 11 is 0. The van der Waals surface area contributed by atoms with Crippen LogP contribution in [0, 0.1) is 5.92 Å². The van der Waals surface area contributed by atoms with Crippen molar-refractivity contribution in [3.63, 3.8) is 0 Å². The van der Waals surface area contributed by atoms with Crippen molar-refractivity contribution in [3.05, 3.63) is 18.2 Å². The van der Waals surface area contributed by atoms with Crippen LogP contribution in [0.1, 0.15) is 18.5 Å². The highest BCUT2D eigenvalue weighted by Gasteiger charge is 2.33. The Labute approximate surface area is 90.1 Å². The van der Waals surface area contributed by atoms with Crippen LogP contribution in [0.5, 0.6) is 0 Å². The molecular weight excluding hydrogens is 188 g/mol. The minimum atomic E-state index is 0.691. The van der Waals surface area contributed by atoms with Crippen molar-refractivity contribution in [2.45, 2.75) is 25.4 Å². The first-order valence-corrected chi connectivity index (χ1v) is 5.85. The summed E-state index contributed by atoms with van der Waals surface area (Å²) in [4.78, 5) is 9.74. The van der Waals surface area contributed by atoms with E-state index in [9.17, 15) is 0 Å². The predicted molar refractivity (Wildman–Crippen MR) is 58.4 cm³/mol. The number of aromatic amines is 1.